The maximum absolute atomic E-state index is 6.03. The largest absolute Gasteiger partial charge is 0.399 e. The van der Waals surface area contributed by atoms with Crippen LogP contribution in [-0.2, 0) is 0 Å². The van der Waals surface area contributed by atoms with Crippen LogP contribution in [0, 0.1) is 0 Å². The summed E-state index contributed by atoms with van der Waals surface area (Å²) in [4.78, 5) is 0. The Morgan fingerprint density at radius 1 is 0.344 bits per heavy atom. The SMILES string of the molecule is Nc1ccc2cc(N)c3ccccc3c2c1.Nc1ccc2ccc3ccc(N)cc3c2c1. The van der Waals surface area contributed by atoms with Gasteiger partial charge in [-0.25, -0.2) is 0 Å². The van der Waals surface area contributed by atoms with Crippen LogP contribution in [0.25, 0.3) is 43.1 Å². The van der Waals surface area contributed by atoms with Crippen LogP contribution in [-0.4, -0.2) is 0 Å². The molecule has 8 N–H and O–H groups in total. The van der Waals surface area contributed by atoms with Crippen molar-refractivity contribution in [1.82, 2.24) is 0 Å². The van der Waals surface area contributed by atoms with Gasteiger partial charge < -0.3 is 22.9 Å². The minimum Gasteiger partial charge on any atom is -0.399 e. The van der Waals surface area contributed by atoms with Gasteiger partial charge in [0.1, 0.15) is 0 Å². The van der Waals surface area contributed by atoms with E-state index in [9.17, 15) is 0 Å². The zero-order chi connectivity index (χ0) is 22.2. The molecule has 0 saturated heterocycles. The summed E-state index contributed by atoms with van der Waals surface area (Å²) >= 11 is 0. The first kappa shape index (κ1) is 19.5. The summed E-state index contributed by atoms with van der Waals surface area (Å²) in [6.07, 6.45) is 0. The van der Waals surface area contributed by atoms with E-state index in [1.165, 1.54) is 10.8 Å². The zero-order valence-corrected chi connectivity index (χ0v) is 17.5. The van der Waals surface area contributed by atoms with Gasteiger partial charge in [-0.05, 0) is 80.2 Å². The lowest BCUT2D eigenvalue weighted by atomic mass is 10.00. The Balaban J connectivity index is 0.000000135. The van der Waals surface area contributed by atoms with Gasteiger partial charge in [-0.3, -0.25) is 0 Å². The summed E-state index contributed by atoms with van der Waals surface area (Å²) in [6.45, 7) is 0. The van der Waals surface area contributed by atoms with E-state index >= 15 is 0 Å². The number of rotatable bonds is 0. The van der Waals surface area contributed by atoms with E-state index in [1.807, 2.05) is 78.9 Å². The minimum absolute atomic E-state index is 0.780. The third-order valence-electron chi connectivity index (χ3n) is 5.80. The Bertz CT molecular complexity index is 1540. The van der Waals surface area contributed by atoms with Crippen LogP contribution in [0.15, 0.2) is 97.1 Å². The molecule has 0 saturated carbocycles. The Morgan fingerprint density at radius 3 is 1.28 bits per heavy atom. The number of anilines is 4. The summed E-state index contributed by atoms with van der Waals surface area (Å²) in [6, 6.07) is 32.1. The average molecular weight is 417 g/mol. The predicted octanol–water partition coefficient (Wildman–Crippen LogP) is 6.31. The molecule has 32 heavy (non-hydrogen) atoms. The van der Waals surface area contributed by atoms with Gasteiger partial charge in [-0.15, -0.1) is 0 Å². The first-order valence-corrected chi connectivity index (χ1v) is 10.4. The highest BCUT2D eigenvalue weighted by Crippen LogP contribution is 2.31. The van der Waals surface area contributed by atoms with E-state index in [1.54, 1.807) is 0 Å². The third-order valence-corrected chi connectivity index (χ3v) is 5.80. The lowest BCUT2D eigenvalue weighted by molar-refractivity contribution is 1.73. The molecule has 0 aromatic heterocycles. The summed E-state index contributed by atoms with van der Waals surface area (Å²) in [7, 11) is 0. The molecule has 0 radical (unpaired) electrons. The molecule has 0 unspecified atom stereocenters. The van der Waals surface area contributed by atoms with Crippen LogP contribution >= 0.6 is 0 Å². The van der Waals surface area contributed by atoms with Gasteiger partial charge in [0.2, 0.25) is 0 Å². The van der Waals surface area contributed by atoms with Crippen molar-refractivity contribution in [3.05, 3.63) is 97.1 Å². The van der Waals surface area contributed by atoms with Gasteiger partial charge in [0.05, 0.1) is 0 Å². The molecule has 0 bridgehead atoms. The molecule has 0 heterocycles. The van der Waals surface area contributed by atoms with Crippen molar-refractivity contribution >= 4 is 65.8 Å². The van der Waals surface area contributed by atoms with Gasteiger partial charge in [0, 0.05) is 28.1 Å². The van der Waals surface area contributed by atoms with Crippen LogP contribution in [0.4, 0.5) is 22.7 Å². The van der Waals surface area contributed by atoms with Crippen molar-refractivity contribution in [3.63, 3.8) is 0 Å². The van der Waals surface area contributed by atoms with Gasteiger partial charge in [-0.2, -0.15) is 0 Å². The number of nitrogen functional groups attached to an aromatic ring is 4. The van der Waals surface area contributed by atoms with Crippen LogP contribution < -0.4 is 22.9 Å². The summed E-state index contributed by atoms with van der Waals surface area (Å²) in [5.41, 5.74) is 26.6. The fourth-order valence-electron chi connectivity index (χ4n) is 4.23. The van der Waals surface area contributed by atoms with Crippen molar-refractivity contribution in [1.29, 1.82) is 0 Å². The molecule has 0 aliphatic carbocycles. The zero-order valence-electron chi connectivity index (χ0n) is 17.5. The molecule has 0 amide bonds. The number of benzene rings is 6. The summed E-state index contributed by atoms with van der Waals surface area (Å²) < 4.78 is 0. The van der Waals surface area contributed by atoms with Crippen LogP contribution in [0.3, 0.4) is 0 Å². The minimum atomic E-state index is 0.780. The van der Waals surface area contributed by atoms with Gasteiger partial charge in [-0.1, -0.05) is 54.6 Å². The molecule has 0 atom stereocenters. The monoisotopic (exact) mass is 416 g/mol. The van der Waals surface area contributed by atoms with E-state index in [-0.39, 0.29) is 0 Å². The van der Waals surface area contributed by atoms with E-state index < -0.39 is 0 Å². The average Bonchev–Trinajstić information content (AvgIpc) is 2.80. The van der Waals surface area contributed by atoms with Crippen LogP contribution in [0.2, 0.25) is 0 Å². The molecule has 0 fully saturated rings. The van der Waals surface area contributed by atoms with E-state index in [0.29, 0.717) is 0 Å². The topological polar surface area (TPSA) is 104 Å². The lowest BCUT2D eigenvalue weighted by Crippen LogP contribution is -1.89. The maximum atomic E-state index is 6.03. The maximum Gasteiger partial charge on any atom is 0.0400 e. The molecule has 4 heteroatoms. The first-order valence-electron chi connectivity index (χ1n) is 10.4. The molecule has 6 rings (SSSR count). The molecule has 6 aromatic rings. The fraction of sp³-hybridized carbons (Fsp3) is 0. The van der Waals surface area contributed by atoms with E-state index in [2.05, 4.69) is 18.2 Å². The quantitative estimate of drug-likeness (QED) is 0.172. The normalized spacial score (nSPS) is 11.0. The van der Waals surface area contributed by atoms with Crippen LogP contribution in [0.5, 0.6) is 0 Å². The molecule has 4 nitrogen and oxygen atoms in total. The van der Waals surface area contributed by atoms with E-state index in [4.69, 9.17) is 22.9 Å². The molecule has 6 aromatic carbocycles. The Morgan fingerprint density at radius 2 is 0.750 bits per heavy atom. The Labute approximate surface area is 186 Å². The standard InChI is InChI=1S/2C14H12N2/c15-11-5-3-9-1-2-10-4-6-12(16)8-14(10)13(9)7-11;15-10-6-5-9-7-14(16)12-4-2-1-3-11(12)13(9)8-10/h2*1-8H,15-16H2. The van der Waals surface area contributed by atoms with Crippen molar-refractivity contribution in [3.8, 4) is 0 Å². The summed E-state index contributed by atoms with van der Waals surface area (Å²) in [5.74, 6) is 0. The molecule has 0 aliphatic heterocycles. The van der Waals surface area contributed by atoms with E-state index in [0.717, 1.165) is 55.1 Å². The molecule has 0 spiro atoms. The van der Waals surface area contributed by atoms with Crippen molar-refractivity contribution in [2.45, 2.75) is 0 Å². The lowest BCUT2D eigenvalue weighted by Gasteiger charge is -2.07. The van der Waals surface area contributed by atoms with Gasteiger partial charge in [0.15, 0.2) is 0 Å². The second kappa shape index (κ2) is 7.67. The number of hydrogen-bond donors (Lipinski definition) is 4. The van der Waals surface area contributed by atoms with Crippen molar-refractivity contribution < 1.29 is 0 Å². The fourth-order valence-corrected chi connectivity index (χ4v) is 4.23. The van der Waals surface area contributed by atoms with Crippen LogP contribution in [0.1, 0.15) is 0 Å². The van der Waals surface area contributed by atoms with Gasteiger partial charge >= 0.3 is 0 Å². The van der Waals surface area contributed by atoms with Crippen molar-refractivity contribution in [2.24, 2.45) is 0 Å². The highest BCUT2D eigenvalue weighted by Gasteiger charge is 2.04. The second-order valence-corrected chi connectivity index (χ2v) is 8.02. The molecular formula is C28H24N4. The first-order chi connectivity index (χ1) is 15.5. The molecular weight excluding hydrogens is 392 g/mol. The van der Waals surface area contributed by atoms with Crippen molar-refractivity contribution in [2.75, 3.05) is 22.9 Å². The number of hydrogen-bond acceptors (Lipinski definition) is 4. The highest BCUT2D eigenvalue weighted by molar-refractivity contribution is 6.13. The number of nitrogens with two attached hydrogens (primary N) is 4. The Kier molecular flexibility index (Phi) is 4.68. The third kappa shape index (κ3) is 3.48. The molecule has 156 valence electrons. The second-order valence-electron chi connectivity index (χ2n) is 8.02. The van der Waals surface area contributed by atoms with Gasteiger partial charge in [0.25, 0.3) is 0 Å². The molecule has 0 aliphatic rings. The predicted molar refractivity (Wildman–Crippen MR) is 141 cm³/mol. The Hall–Kier alpha value is -4.44. The number of fused-ring (bicyclic) bond motifs is 6. The summed E-state index contributed by atoms with van der Waals surface area (Å²) in [5, 5.41) is 9.22. The highest BCUT2D eigenvalue weighted by atomic mass is 14.6. The smallest absolute Gasteiger partial charge is 0.0400 e.